The molecule has 0 heterocycles. The molecule has 1 aliphatic rings. The van der Waals surface area contributed by atoms with E-state index in [0.717, 1.165) is 24.8 Å². The lowest BCUT2D eigenvalue weighted by molar-refractivity contribution is 0.534. The molecule has 15 heavy (non-hydrogen) atoms. The van der Waals surface area contributed by atoms with Crippen molar-refractivity contribution in [2.75, 3.05) is 0 Å². The maximum Gasteiger partial charge on any atom is 0.141 e. The van der Waals surface area contributed by atoms with Crippen LogP contribution in [-0.2, 0) is 6.42 Å². The smallest absolute Gasteiger partial charge is 0.141 e. The number of rotatable bonds is 2. The quantitative estimate of drug-likeness (QED) is 0.825. The summed E-state index contributed by atoms with van der Waals surface area (Å²) in [5.74, 6) is 0.296. The third-order valence-electron chi connectivity index (χ3n) is 3.09. The molecule has 3 heteroatoms. The summed E-state index contributed by atoms with van der Waals surface area (Å²) < 4.78 is 12.9. The fourth-order valence-electron chi connectivity index (χ4n) is 2.30. The average Bonchev–Trinajstić information content (AvgIpc) is 2.58. The Labute approximate surface area is 94.4 Å². The molecule has 0 spiro atoms. The second-order valence-electron chi connectivity index (χ2n) is 4.39. The molecule has 0 aliphatic heterocycles. The SMILES string of the molecule is NC1CCC(Cc2ccc(F)c(Cl)c2)C1. The van der Waals surface area contributed by atoms with Crippen LogP contribution < -0.4 is 5.73 Å². The summed E-state index contributed by atoms with van der Waals surface area (Å²) in [4.78, 5) is 0. The summed E-state index contributed by atoms with van der Waals surface area (Å²) in [7, 11) is 0. The van der Waals surface area contributed by atoms with Crippen LogP contribution in [0.5, 0.6) is 0 Å². The van der Waals surface area contributed by atoms with Crippen molar-refractivity contribution in [3.63, 3.8) is 0 Å². The minimum Gasteiger partial charge on any atom is -0.328 e. The molecular formula is C12H15ClFN. The minimum atomic E-state index is -0.344. The minimum absolute atomic E-state index is 0.217. The second kappa shape index (κ2) is 4.50. The summed E-state index contributed by atoms with van der Waals surface area (Å²) in [5, 5.41) is 0.217. The molecule has 1 aromatic carbocycles. The van der Waals surface area contributed by atoms with Crippen molar-refractivity contribution in [2.45, 2.75) is 31.7 Å². The van der Waals surface area contributed by atoms with Crippen molar-refractivity contribution in [3.8, 4) is 0 Å². The number of nitrogens with two attached hydrogens (primary N) is 1. The van der Waals surface area contributed by atoms with Gasteiger partial charge in [0.15, 0.2) is 0 Å². The first-order valence-electron chi connectivity index (χ1n) is 5.34. The maximum absolute atomic E-state index is 12.9. The normalized spacial score (nSPS) is 25.8. The molecule has 0 bridgehead atoms. The first-order chi connectivity index (χ1) is 7.15. The van der Waals surface area contributed by atoms with Crippen molar-refractivity contribution in [3.05, 3.63) is 34.6 Å². The zero-order valence-corrected chi connectivity index (χ0v) is 9.30. The molecular weight excluding hydrogens is 213 g/mol. The van der Waals surface area contributed by atoms with Crippen LogP contribution in [0.1, 0.15) is 24.8 Å². The van der Waals surface area contributed by atoms with Gasteiger partial charge < -0.3 is 5.73 Å². The van der Waals surface area contributed by atoms with E-state index in [9.17, 15) is 4.39 Å². The molecule has 1 nitrogen and oxygen atoms in total. The van der Waals surface area contributed by atoms with Gasteiger partial charge in [0, 0.05) is 6.04 Å². The molecule has 2 unspecified atom stereocenters. The number of hydrogen-bond acceptors (Lipinski definition) is 1. The third-order valence-corrected chi connectivity index (χ3v) is 3.38. The second-order valence-corrected chi connectivity index (χ2v) is 4.80. The van der Waals surface area contributed by atoms with Gasteiger partial charge in [-0.3, -0.25) is 0 Å². The Balaban J connectivity index is 2.02. The summed E-state index contributed by atoms with van der Waals surface area (Å²) in [6.07, 6.45) is 4.33. The van der Waals surface area contributed by atoms with Gasteiger partial charge in [0.05, 0.1) is 5.02 Å². The van der Waals surface area contributed by atoms with E-state index in [1.807, 2.05) is 6.07 Å². The standard InChI is InChI=1S/C12H15ClFN/c13-11-7-9(2-4-12(11)14)5-8-1-3-10(15)6-8/h2,4,7-8,10H,1,3,5-6,15H2. The third kappa shape index (κ3) is 2.70. The van der Waals surface area contributed by atoms with Crippen LogP contribution in [0, 0.1) is 11.7 Å². The van der Waals surface area contributed by atoms with Crippen LogP contribution in [0.2, 0.25) is 5.02 Å². The van der Waals surface area contributed by atoms with Gasteiger partial charge in [-0.25, -0.2) is 4.39 Å². The highest BCUT2D eigenvalue weighted by atomic mass is 35.5. The summed E-state index contributed by atoms with van der Waals surface area (Å²) in [6, 6.07) is 5.32. The van der Waals surface area contributed by atoms with Crippen molar-refractivity contribution in [1.29, 1.82) is 0 Å². The average molecular weight is 228 g/mol. The van der Waals surface area contributed by atoms with Crippen LogP contribution in [0.25, 0.3) is 0 Å². The van der Waals surface area contributed by atoms with Gasteiger partial charge in [0.25, 0.3) is 0 Å². The topological polar surface area (TPSA) is 26.0 Å². The largest absolute Gasteiger partial charge is 0.328 e. The molecule has 0 saturated heterocycles. The van der Waals surface area contributed by atoms with E-state index in [1.165, 1.54) is 12.5 Å². The molecule has 1 aromatic rings. The van der Waals surface area contributed by atoms with Crippen LogP contribution in [0.15, 0.2) is 18.2 Å². The van der Waals surface area contributed by atoms with Crippen LogP contribution in [0.4, 0.5) is 4.39 Å². The Kier molecular flexibility index (Phi) is 3.27. The molecule has 1 saturated carbocycles. The Morgan fingerprint density at radius 2 is 2.20 bits per heavy atom. The summed E-state index contributed by atoms with van der Waals surface area (Å²) in [6.45, 7) is 0. The molecule has 0 amide bonds. The van der Waals surface area contributed by atoms with E-state index in [0.29, 0.717) is 12.0 Å². The predicted octanol–water partition coefficient (Wildman–Crippen LogP) is 3.15. The first kappa shape index (κ1) is 10.9. The van der Waals surface area contributed by atoms with Gasteiger partial charge in [-0.05, 0) is 49.3 Å². The fourth-order valence-corrected chi connectivity index (χ4v) is 2.50. The first-order valence-corrected chi connectivity index (χ1v) is 5.72. The van der Waals surface area contributed by atoms with Crippen molar-refractivity contribution in [2.24, 2.45) is 11.7 Å². The van der Waals surface area contributed by atoms with Crippen molar-refractivity contribution >= 4 is 11.6 Å². The molecule has 1 aliphatic carbocycles. The van der Waals surface area contributed by atoms with Gasteiger partial charge in [-0.1, -0.05) is 17.7 Å². The van der Waals surface area contributed by atoms with E-state index >= 15 is 0 Å². The number of halogens is 2. The van der Waals surface area contributed by atoms with Crippen molar-refractivity contribution < 1.29 is 4.39 Å². The highest BCUT2D eigenvalue weighted by Crippen LogP contribution is 2.28. The zero-order valence-electron chi connectivity index (χ0n) is 8.55. The van der Waals surface area contributed by atoms with Gasteiger partial charge in [-0.2, -0.15) is 0 Å². The molecule has 2 rings (SSSR count). The van der Waals surface area contributed by atoms with E-state index in [1.54, 1.807) is 6.07 Å². The van der Waals surface area contributed by atoms with Crippen molar-refractivity contribution in [1.82, 2.24) is 0 Å². The van der Waals surface area contributed by atoms with E-state index < -0.39 is 0 Å². The molecule has 0 radical (unpaired) electrons. The van der Waals surface area contributed by atoms with E-state index in [2.05, 4.69) is 0 Å². The maximum atomic E-state index is 12.9. The highest BCUT2D eigenvalue weighted by molar-refractivity contribution is 6.30. The lowest BCUT2D eigenvalue weighted by Gasteiger charge is -2.09. The van der Waals surface area contributed by atoms with Gasteiger partial charge in [-0.15, -0.1) is 0 Å². The lowest BCUT2D eigenvalue weighted by Crippen LogP contribution is -2.15. The molecule has 2 N–H and O–H groups in total. The Morgan fingerprint density at radius 3 is 2.80 bits per heavy atom. The Hall–Kier alpha value is -0.600. The summed E-state index contributed by atoms with van der Waals surface area (Å²) >= 11 is 5.73. The van der Waals surface area contributed by atoms with Gasteiger partial charge >= 0.3 is 0 Å². The van der Waals surface area contributed by atoms with E-state index in [4.69, 9.17) is 17.3 Å². The molecule has 0 aromatic heterocycles. The van der Waals surface area contributed by atoms with Gasteiger partial charge in [0.1, 0.15) is 5.82 Å². The zero-order chi connectivity index (χ0) is 10.8. The number of hydrogen-bond donors (Lipinski definition) is 1. The fraction of sp³-hybridized carbons (Fsp3) is 0.500. The summed E-state index contributed by atoms with van der Waals surface area (Å²) in [5.41, 5.74) is 6.96. The van der Waals surface area contributed by atoms with E-state index in [-0.39, 0.29) is 10.8 Å². The predicted molar refractivity (Wildman–Crippen MR) is 60.4 cm³/mol. The van der Waals surface area contributed by atoms with Crippen LogP contribution in [-0.4, -0.2) is 6.04 Å². The van der Waals surface area contributed by atoms with Crippen LogP contribution in [0.3, 0.4) is 0 Å². The van der Waals surface area contributed by atoms with Gasteiger partial charge in [0.2, 0.25) is 0 Å². The highest BCUT2D eigenvalue weighted by Gasteiger charge is 2.21. The monoisotopic (exact) mass is 227 g/mol. The number of benzene rings is 1. The molecule has 2 atom stereocenters. The molecule has 82 valence electrons. The Morgan fingerprint density at radius 1 is 1.40 bits per heavy atom. The molecule has 1 fully saturated rings. The Bertz CT molecular complexity index is 353. The lowest BCUT2D eigenvalue weighted by atomic mass is 9.98. The van der Waals surface area contributed by atoms with Crippen LogP contribution >= 0.6 is 11.6 Å².